The van der Waals surface area contributed by atoms with Gasteiger partial charge in [0, 0.05) is 66.3 Å². The third-order valence-corrected chi connectivity index (χ3v) is 7.48. The first-order valence-corrected chi connectivity index (χ1v) is 11.8. The third-order valence-electron chi connectivity index (χ3n) is 5.49. The molecule has 3 heterocycles. The SMILES string of the molecule is O=C(c1ccc(-n2ccnc2)cc1)N1CCN(S(=O)(=O)c2cc3cc(Cl)ccc3o2)CC1. The van der Waals surface area contributed by atoms with Gasteiger partial charge in [0.25, 0.3) is 15.9 Å². The quantitative estimate of drug-likeness (QED) is 0.456. The van der Waals surface area contributed by atoms with E-state index in [0.717, 1.165) is 5.69 Å². The number of halogens is 1. The number of fused-ring (bicyclic) bond motifs is 1. The predicted molar refractivity (Wildman–Crippen MR) is 119 cm³/mol. The zero-order valence-electron chi connectivity index (χ0n) is 16.9. The van der Waals surface area contributed by atoms with Gasteiger partial charge in [0.05, 0.1) is 6.33 Å². The summed E-state index contributed by atoms with van der Waals surface area (Å²) in [5.41, 5.74) is 1.92. The lowest BCUT2D eigenvalue weighted by molar-refractivity contribution is 0.0697. The van der Waals surface area contributed by atoms with E-state index in [0.29, 0.717) is 34.6 Å². The van der Waals surface area contributed by atoms with Gasteiger partial charge in [-0.3, -0.25) is 4.79 Å². The van der Waals surface area contributed by atoms with Gasteiger partial charge in [-0.15, -0.1) is 0 Å². The molecule has 32 heavy (non-hydrogen) atoms. The molecule has 0 spiro atoms. The van der Waals surface area contributed by atoms with E-state index in [1.165, 1.54) is 10.4 Å². The summed E-state index contributed by atoms with van der Waals surface area (Å²) >= 11 is 5.98. The summed E-state index contributed by atoms with van der Waals surface area (Å²) < 4.78 is 34.8. The number of nitrogens with zero attached hydrogens (tertiary/aromatic N) is 4. The molecule has 10 heteroatoms. The second-order valence-electron chi connectivity index (χ2n) is 7.46. The Balaban J connectivity index is 1.27. The van der Waals surface area contributed by atoms with Crippen LogP contribution < -0.4 is 0 Å². The summed E-state index contributed by atoms with van der Waals surface area (Å²) in [4.78, 5) is 18.6. The molecular formula is C22H19ClN4O4S. The Morgan fingerprint density at radius 2 is 1.75 bits per heavy atom. The number of aromatic nitrogens is 2. The third kappa shape index (κ3) is 3.79. The fourth-order valence-corrected chi connectivity index (χ4v) is 5.30. The minimum atomic E-state index is -3.80. The minimum Gasteiger partial charge on any atom is -0.443 e. The molecule has 2 aromatic heterocycles. The summed E-state index contributed by atoms with van der Waals surface area (Å²) in [6.45, 7) is 0.985. The number of hydrogen-bond acceptors (Lipinski definition) is 5. The molecule has 0 saturated carbocycles. The molecule has 0 atom stereocenters. The van der Waals surface area contributed by atoms with Crippen LogP contribution in [0.25, 0.3) is 16.7 Å². The first kappa shape index (κ1) is 20.7. The van der Waals surface area contributed by atoms with Gasteiger partial charge in [-0.2, -0.15) is 4.31 Å². The smallest absolute Gasteiger partial charge is 0.276 e. The minimum absolute atomic E-state index is 0.121. The Morgan fingerprint density at radius 1 is 1.00 bits per heavy atom. The van der Waals surface area contributed by atoms with Crippen molar-refractivity contribution >= 4 is 38.5 Å². The van der Waals surface area contributed by atoms with E-state index in [-0.39, 0.29) is 24.1 Å². The highest BCUT2D eigenvalue weighted by Gasteiger charge is 2.32. The van der Waals surface area contributed by atoms with Gasteiger partial charge in [-0.05, 0) is 42.5 Å². The van der Waals surface area contributed by atoms with E-state index >= 15 is 0 Å². The maximum absolute atomic E-state index is 13.0. The molecule has 0 bridgehead atoms. The van der Waals surface area contributed by atoms with Crippen LogP contribution in [0.3, 0.4) is 0 Å². The number of hydrogen-bond donors (Lipinski definition) is 0. The zero-order valence-corrected chi connectivity index (χ0v) is 18.5. The van der Waals surface area contributed by atoms with Crippen LogP contribution in [0.2, 0.25) is 5.02 Å². The molecule has 0 radical (unpaired) electrons. The molecule has 1 aliphatic heterocycles. The van der Waals surface area contributed by atoms with Crippen LogP contribution >= 0.6 is 11.6 Å². The Kier molecular flexibility index (Phi) is 5.24. The van der Waals surface area contributed by atoms with Gasteiger partial charge in [-0.1, -0.05) is 11.6 Å². The highest BCUT2D eigenvalue weighted by Crippen LogP contribution is 2.28. The molecule has 1 saturated heterocycles. The van der Waals surface area contributed by atoms with Gasteiger partial charge < -0.3 is 13.9 Å². The van der Waals surface area contributed by atoms with Crippen molar-refractivity contribution in [1.29, 1.82) is 0 Å². The van der Waals surface area contributed by atoms with Crippen molar-refractivity contribution in [2.45, 2.75) is 5.09 Å². The van der Waals surface area contributed by atoms with E-state index in [1.807, 2.05) is 22.9 Å². The second-order valence-corrected chi connectivity index (χ2v) is 9.77. The van der Waals surface area contributed by atoms with E-state index in [2.05, 4.69) is 4.98 Å². The summed E-state index contributed by atoms with van der Waals surface area (Å²) in [6, 6.07) is 13.7. The number of benzene rings is 2. The Labute approximate surface area is 189 Å². The standard InChI is InChI=1S/C22H19ClN4O4S/c23-18-3-6-20-17(13-18)14-21(31-20)32(29,30)27-11-9-25(10-12-27)22(28)16-1-4-19(5-2-16)26-8-7-24-15-26/h1-8,13-15H,9-12H2. The molecule has 0 N–H and O–H groups in total. The first-order valence-electron chi connectivity index (χ1n) is 9.99. The molecule has 0 aliphatic carbocycles. The van der Waals surface area contributed by atoms with E-state index < -0.39 is 10.0 Å². The van der Waals surface area contributed by atoms with Crippen molar-refractivity contribution in [3.05, 3.63) is 77.8 Å². The van der Waals surface area contributed by atoms with E-state index in [4.69, 9.17) is 16.0 Å². The number of sulfonamides is 1. The number of carbonyl (C=O) groups is 1. The summed E-state index contributed by atoms with van der Waals surface area (Å²) in [6.07, 6.45) is 5.20. The van der Waals surface area contributed by atoms with Crippen molar-refractivity contribution in [2.75, 3.05) is 26.2 Å². The first-order chi connectivity index (χ1) is 15.4. The zero-order chi connectivity index (χ0) is 22.3. The lowest BCUT2D eigenvalue weighted by Gasteiger charge is -2.33. The second kappa shape index (κ2) is 8.09. The molecule has 0 unspecified atom stereocenters. The molecule has 1 amide bonds. The summed E-state index contributed by atoms with van der Waals surface area (Å²) in [5.74, 6) is -0.127. The Bertz CT molecular complexity index is 1370. The molecule has 1 aliphatic rings. The fraction of sp³-hybridized carbons (Fsp3) is 0.182. The van der Waals surface area contributed by atoms with Crippen molar-refractivity contribution in [3.63, 3.8) is 0 Å². The Morgan fingerprint density at radius 3 is 2.44 bits per heavy atom. The monoisotopic (exact) mass is 470 g/mol. The highest BCUT2D eigenvalue weighted by molar-refractivity contribution is 7.89. The number of amides is 1. The van der Waals surface area contributed by atoms with Crippen molar-refractivity contribution in [3.8, 4) is 5.69 Å². The molecular weight excluding hydrogens is 452 g/mol. The average molecular weight is 471 g/mol. The van der Waals surface area contributed by atoms with Crippen LogP contribution in [0, 0.1) is 0 Å². The normalized spacial score (nSPS) is 15.3. The number of furan rings is 1. The maximum atomic E-state index is 13.0. The summed E-state index contributed by atoms with van der Waals surface area (Å²) in [5, 5.41) is 1.01. The lowest BCUT2D eigenvalue weighted by atomic mass is 10.1. The van der Waals surface area contributed by atoms with Crippen LogP contribution in [0.4, 0.5) is 0 Å². The molecule has 4 aromatic rings. The van der Waals surface area contributed by atoms with Crippen LogP contribution in [-0.4, -0.2) is 59.3 Å². The van der Waals surface area contributed by atoms with Gasteiger partial charge in [-0.25, -0.2) is 13.4 Å². The predicted octanol–water partition coefficient (Wildman–Crippen LogP) is 3.42. The van der Waals surface area contributed by atoms with Crippen LogP contribution in [0.15, 0.2) is 76.8 Å². The van der Waals surface area contributed by atoms with Crippen LogP contribution in [0.1, 0.15) is 10.4 Å². The number of imidazole rings is 1. The van der Waals surface area contributed by atoms with Crippen molar-refractivity contribution in [1.82, 2.24) is 18.8 Å². The Hall–Kier alpha value is -3.14. The van der Waals surface area contributed by atoms with E-state index in [1.54, 1.807) is 47.8 Å². The topological polar surface area (TPSA) is 88.7 Å². The van der Waals surface area contributed by atoms with Crippen molar-refractivity contribution < 1.29 is 17.6 Å². The van der Waals surface area contributed by atoms with E-state index in [9.17, 15) is 13.2 Å². The fourth-order valence-electron chi connectivity index (χ4n) is 3.75. The number of carbonyl (C=O) groups excluding carboxylic acids is 1. The van der Waals surface area contributed by atoms with Gasteiger partial charge in [0.2, 0.25) is 5.09 Å². The number of rotatable bonds is 4. The average Bonchev–Trinajstić information content (AvgIpc) is 3.49. The van der Waals surface area contributed by atoms with Crippen molar-refractivity contribution in [2.24, 2.45) is 0 Å². The molecule has 2 aromatic carbocycles. The highest BCUT2D eigenvalue weighted by atomic mass is 35.5. The molecule has 164 valence electrons. The largest absolute Gasteiger partial charge is 0.443 e. The molecule has 1 fully saturated rings. The van der Waals surface area contributed by atoms with Gasteiger partial charge in [0.15, 0.2) is 0 Å². The summed E-state index contributed by atoms with van der Waals surface area (Å²) in [7, 11) is -3.80. The number of piperazine rings is 1. The van der Waals surface area contributed by atoms with Crippen LogP contribution in [-0.2, 0) is 10.0 Å². The lowest BCUT2D eigenvalue weighted by Crippen LogP contribution is -2.50. The molecule has 5 rings (SSSR count). The van der Waals surface area contributed by atoms with Gasteiger partial charge >= 0.3 is 0 Å². The van der Waals surface area contributed by atoms with Crippen LogP contribution in [0.5, 0.6) is 0 Å². The maximum Gasteiger partial charge on any atom is 0.276 e. The molecule has 8 nitrogen and oxygen atoms in total. The van der Waals surface area contributed by atoms with Gasteiger partial charge in [0.1, 0.15) is 5.58 Å².